The minimum Gasteiger partial charge on any atom is -0.373 e. The van der Waals surface area contributed by atoms with Crippen molar-refractivity contribution in [3.05, 3.63) is 24.0 Å². The number of fused-ring (bicyclic) bond motifs is 1. The molecule has 2 aromatic heterocycles. The van der Waals surface area contributed by atoms with Crippen molar-refractivity contribution >= 4 is 28.7 Å². The maximum absolute atomic E-state index is 12.2. The molecule has 2 aromatic rings. The largest absolute Gasteiger partial charge is 0.373 e. The third kappa shape index (κ3) is 2.87. The Morgan fingerprint density at radius 1 is 1.29 bits per heavy atom. The molecule has 0 aromatic carbocycles. The third-order valence-corrected chi connectivity index (χ3v) is 6.32. The number of pyridine rings is 1. The van der Waals surface area contributed by atoms with Gasteiger partial charge in [0.2, 0.25) is 5.91 Å². The van der Waals surface area contributed by atoms with Crippen LogP contribution in [0.2, 0.25) is 0 Å². The van der Waals surface area contributed by atoms with Crippen LogP contribution in [0.25, 0.3) is 11.0 Å². The smallest absolute Gasteiger partial charge is 0.328 e. The van der Waals surface area contributed by atoms with Crippen LogP contribution in [0.5, 0.6) is 0 Å². The zero-order chi connectivity index (χ0) is 19.3. The summed E-state index contributed by atoms with van der Waals surface area (Å²) in [4.78, 5) is 29.8. The molecule has 8 heteroatoms. The first-order valence-electron chi connectivity index (χ1n) is 9.98. The average molecular weight is 383 g/mol. The van der Waals surface area contributed by atoms with Gasteiger partial charge >= 0.3 is 6.03 Å². The van der Waals surface area contributed by atoms with Crippen LogP contribution in [0, 0.1) is 6.92 Å². The van der Waals surface area contributed by atoms with Gasteiger partial charge in [-0.15, -0.1) is 0 Å². The molecule has 0 radical (unpaired) electrons. The van der Waals surface area contributed by atoms with E-state index in [0.29, 0.717) is 19.6 Å². The summed E-state index contributed by atoms with van der Waals surface area (Å²) in [5, 5.41) is 6.81. The SMILES string of the molecule is Cc1cn(C2COC3(CCNCC3)C2)c2ncc(N3CCC(=O)NC3=O)cc12. The molecule has 3 aliphatic heterocycles. The van der Waals surface area contributed by atoms with Crippen molar-refractivity contribution in [2.24, 2.45) is 0 Å². The van der Waals surface area contributed by atoms with Crippen LogP contribution in [0.3, 0.4) is 0 Å². The van der Waals surface area contributed by atoms with Gasteiger partial charge in [0.05, 0.1) is 30.1 Å². The second-order valence-electron chi connectivity index (χ2n) is 8.14. The van der Waals surface area contributed by atoms with E-state index in [0.717, 1.165) is 54.6 Å². The van der Waals surface area contributed by atoms with Crippen molar-refractivity contribution in [3.63, 3.8) is 0 Å². The first-order chi connectivity index (χ1) is 13.5. The van der Waals surface area contributed by atoms with Gasteiger partial charge in [0.25, 0.3) is 0 Å². The maximum Gasteiger partial charge on any atom is 0.328 e. The Morgan fingerprint density at radius 2 is 2.11 bits per heavy atom. The van der Waals surface area contributed by atoms with E-state index >= 15 is 0 Å². The van der Waals surface area contributed by atoms with E-state index < -0.39 is 0 Å². The lowest BCUT2D eigenvalue weighted by molar-refractivity contribution is -0.120. The van der Waals surface area contributed by atoms with Gasteiger partial charge < -0.3 is 14.6 Å². The molecule has 5 rings (SSSR count). The van der Waals surface area contributed by atoms with Gasteiger partial charge in [0, 0.05) is 24.5 Å². The predicted octanol–water partition coefficient (Wildman–Crippen LogP) is 1.87. The molecule has 2 N–H and O–H groups in total. The number of carbonyl (C=O) groups excluding carboxylic acids is 2. The number of aryl methyl sites for hydroxylation is 1. The van der Waals surface area contributed by atoms with Crippen LogP contribution in [0.4, 0.5) is 10.5 Å². The number of rotatable bonds is 2. The highest BCUT2D eigenvalue weighted by atomic mass is 16.5. The Kier molecular flexibility index (Phi) is 4.13. The van der Waals surface area contributed by atoms with E-state index in [2.05, 4.69) is 28.3 Å². The number of ether oxygens (including phenoxy) is 1. The lowest BCUT2D eigenvalue weighted by Crippen LogP contribution is -2.49. The number of hydrogen-bond donors (Lipinski definition) is 2. The summed E-state index contributed by atoms with van der Waals surface area (Å²) >= 11 is 0. The fourth-order valence-electron chi connectivity index (χ4n) is 4.75. The fraction of sp³-hybridized carbons (Fsp3) is 0.550. The molecule has 5 heterocycles. The van der Waals surface area contributed by atoms with Crippen molar-refractivity contribution in [3.8, 4) is 0 Å². The second kappa shape index (κ2) is 6.56. The number of amides is 3. The summed E-state index contributed by atoms with van der Waals surface area (Å²) in [7, 11) is 0. The first kappa shape index (κ1) is 17.6. The highest BCUT2D eigenvalue weighted by Crippen LogP contribution is 2.41. The van der Waals surface area contributed by atoms with Gasteiger partial charge in [-0.1, -0.05) is 0 Å². The van der Waals surface area contributed by atoms with Crippen molar-refractivity contribution < 1.29 is 14.3 Å². The highest BCUT2D eigenvalue weighted by Gasteiger charge is 2.42. The zero-order valence-corrected chi connectivity index (χ0v) is 16.0. The van der Waals surface area contributed by atoms with Crippen LogP contribution >= 0.6 is 0 Å². The number of aromatic nitrogens is 2. The number of anilines is 1. The molecule has 3 fully saturated rings. The Balaban J connectivity index is 1.44. The molecule has 1 spiro atoms. The van der Waals surface area contributed by atoms with E-state index in [4.69, 9.17) is 9.72 Å². The quantitative estimate of drug-likeness (QED) is 0.827. The second-order valence-corrected chi connectivity index (χ2v) is 8.14. The standard InChI is InChI=1S/C20H25N5O3/c1-13-11-25(15-9-20(28-12-15)3-5-21-6-4-20)18-16(13)8-14(10-22-18)24-7-2-17(26)23-19(24)27/h8,10-11,15,21H,2-7,9,12H2,1H3,(H,23,26,27). The molecule has 3 saturated heterocycles. The molecular formula is C20H25N5O3. The molecule has 0 aliphatic carbocycles. The highest BCUT2D eigenvalue weighted by molar-refractivity contribution is 6.06. The first-order valence-corrected chi connectivity index (χ1v) is 9.98. The number of nitrogens with one attached hydrogen (secondary N) is 2. The molecule has 3 aliphatic rings. The van der Waals surface area contributed by atoms with Gasteiger partial charge in [0.15, 0.2) is 0 Å². The van der Waals surface area contributed by atoms with Crippen molar-refractivity contribution in [1.29, 1.82) is 0 Å². The zero-order valence-electron chi connectivity index (χ0n) is 16.0. The molecule has 0 bridgehead atoms. The van der Waals surface area contributed by atoms with E-state index in [-0.39, 0.29) is 23.6 Å². The van der Waals surface area contributed by atoms with E-state index in [1.165, 1.54) is 0 Å². The molecular weight excluding hydrogens is 358 g/mol. The van der Waals surface area contributed by atoms with Crippen LogP contribution < -0.4 is 15.5 Å². The van der Waals surface area contributed by atoms with Crippen molar-refractivity contribution in [2.45, 2.75) is 44.2 Å². The minimum atomic E-state index is -0.383. The summed E-state index contributed by atoms with van der Waals surface area (Å²) in [5.41, 5.74) is 2.77. The summed E-state index contributed by atoms with van der Waals surface area (Å²) < 4.78 is 8.51. The molecule has 3 amide bonds. The van der Waals surface area contributed by atoms with Gasteiger partial charge in [-0.25, -0.2) is 9.78 Å². The number of nitrogens with zero attached hydrogens (tertiary/aromatic N) is 3. The Hall–Kier alpha value is -2.45. The summed E-state index contributed by atoms with van der Waals surface area (Å²) in [6, 6.07) is 1.90. The van der Waals surface area contributed by atoms with Crippen LogP contribution in [0.1, 0.15) is 37.3 Å². The van der Waals surface area contributed by atoms with Crippen LogP contribution in [-0.2, 0) is 9.53 Å². The van der Waals surface area contributed by atoms with Crippen molar-refractivity contribution in [1.82, 2.24) is 20.2 Å². The fourth-order valence-corrected chi connectivity index (χ4v) is 4.75. The average Bonchev–Trinajstić information content (AvgIpc) is 3.24. The number of piperidine rings is 1. The molecule has 1 atom stereocenters. The molecule has 8 nitrogen and oxygen atoms in total. The predicted molar refractivity (Wildman–Crippen MR) is 104 cm³/mol. The van der Waals surface area contributed by atoms with Gasteiger partial charge in [-0.3, -0.25) is 15.0 Å². The molecule has 1 unspecified atom stereocenters. The lowest BCUT2D eigenvalue weighted by atomic mass is 9.88. The van der Waals surface area contributed by atoms with Gasteiger partial charge in [-0.05, 0) is 50.9 Å². The van der Waals surface area contributed by atoms with E-state index in [1.807, 2.05) is 6.07 Å². The third-order valence-electron chi connectivity index (χ3n) is 6.32. The lowest BCUT2D eigenvalue weighted by Gasteiger charge is -2.32. The Labute approximate surface area is 163 Å². The van der Waals surface area contributed by atoms with Gasteiger partial charge in [0.1, 0.15) is 5.65 Å². The summed E-state index contributed by atoms with van der Waals surface area (Å²) in [5.74, 6) is -0.231. The number of hydrogen-bond acceptors (Lipinski definition) is 5. The van der Waals surface area contributed by atoms with E-state index in [9.17, 15) is 9.59 Å². The van der Waals surface area contributed by atoms with Crippen LogP contribution in [-0.4, -0.2) is 53.3 Å². The minimum absolute atomic E-state index is 0.00121. The molecule has 148 valence electrons. The summed E-state index contributed by atoms with van der Waals surface area (Å²) in [6.07, 6.45) is 7.31. The Bertz CT molecular complexity index is 947. The van der Waals surface area contributed by atoms with Crippen LogP contribution in [0.15, 0.2) is 18.5 Å². The monoisotopic (exact) mass is 383 g/mol. The summed E-state index contributed by atoms with van der Waals surface area (Å²) in [6.45, 7) is 5.19. The number of urea groups is 1. The van der Waals surface area contributed by atoms with Crippen molar-refractivity contribution in [2.75, 3.05) is 31.1 Å². The molecule has 0 saturated carbocycles. The van der Waals surface area contributed by atoms with Gasteiger partial charge in [-0.2, -0.15) is 0 Å². The Morgan fingerprint density at radius 3 is 2.89 bits per heavy atom. The topological polar surface area (TPSA) is 88.5 Å². The number of imide groups is 1. The van der Waals surface area contributed by atoms with E-state index in [1.54, 1.807) is 11.1 Å². The maximum atomic E-state index is 12.2. The molecule has 28 heavy (non-hydrogen) atoms. The normalized spacial score (nSPS) is 24.9. The number of carbonyl (C=O) groups is 2.